The second kappa shape index (κ2) is 4.41. The zero-order valence-electron chi connectivity index (χ0n) is 11.7. The van der Waals surface area contributed by atoms with E-state index in [1.165, 1.54) is 18.3 Å². The standard InChI is InChI=1S/C13H24BNO2/c1-12(2)13(3,4)17-14(16-12)10-7-6-8-11(9-10)15-5/h9,11,15H,6-8H2,1-5H3/t11-/m1/s1. The predicted molar refractivity (Wildman–Crippen MR) is 70.9 cm³/mol. The number of hydrogen-bond donors (Lipinski definition) is 1. The Morgan fingerprint density at radius 2 is 1.82 bits per heavy atom. The van der Waals surface area contributed by atoms with Crippen molar-refractivity contribution in [1.82, 2.24) is 5.32 Å². The largest absolute Gasteiger partial charge is 0.490 e. The van der Waals surface area contributed by atoms with Gasteiger partial charge >= 0.3 is 7.12 Å². The first-order valence-electron chi connectivity index (χ1n) is 6.59. The highest BCUT2D eigenvalue weighted by Crippen LogP contribution is 2.40. The fourth-order valence-electron chi connectivity index (χ4n) is 2.37. The van der Waals surface area contributed by atoms with E-state index in [1.807, 2.05) is 7.05 Å². The van der Waals surface area contributed by atoms with Crippen LogP contribution in [0.1, 0.15) is 47.0 Å². The second-order valence-corrected chi connectivity index (χ2v) is 6.12. The summed E-state index contributed by atoms with van der Waals surface area (Å²) in [6, 6.07) is 0.470. The van der Waals surface area contributed by atoms with Crippen LogP contribution in [0.15, 0.2) is 11.5 Å². The van der Waals surface area contributed by atoms with Crippen LogP contribution < -0.4 is 5.32 Å². The van der Waals surface area contributed by atoms with Crippen molar-refractivity contribution >= 4 is 7.12 Å². The molecule has 1 N–H and O–H groups in total. The Bertz CT molecular complexity index is 309. The Hall–Kier alpha value is -0.315. The van der Waals surface area contributed by atoms with Gasteiger partial charge < -0.3 is 14.6 Å². The summed E-state index contributed by atoms with van der Waals surface area (Å²) in [5, 5.41) is 3.31. The first-order chi connectivity index (χ1) is 7.86. The summed E-state index contributed by atoms with van der Waals surface area (Å²) in [7, 11) is 1.85. The van der Waals surface area contributed by atoms with Gasteiger partial charge in [-0.2, -0.15) is 0 Å². The van der Waals surface area contributed by atoms with E-state index in [0.717, 1.165) is 6.42 Å². The number of hydrogen-bond acceptors (Lipinski definition) is 3. The van der Waals surface area contributed by atoms with Crippen molar-refractivity contribution < 1.29 is 9.31 Å². The molecule has 1 saturated heterocycles. The van der Waals surface area contributed by atoms with Crippen LogP contribution in [0.3, 0.4) is 0 Å². The van der Waals surface area contributed by atoms with E-state index in [0.29, 0.717) is 6.04 Å². The van der Waals surface area contributed by atoms with Crippen molar-refractivity contribution in [3.05, 3.63) is 11.5 Å². The minimum Gasteiger partial charge on any atom is -0.400 e. The Balaban J connectivity index is 2.13. The first kappa shape index (κ1) is 13.1. The summed E-state index contributed by atoms with van der Waals surface area (Å²) in [5.74, 6) is 0. The zero-order chi connectivity index (χ0) is 12.7. The summed E-state index contributed by atoms with van der Waals surface area (Å²) in [6.07, 6.45) is 5.79. The maximum Gasteiger partial charge on any atom is 0.490 e. The van der Waals surface area contributed by atoms with Gasteiger partial charge in [0.1, 0.15) is 0 Å². The lowest BCUT2D eigenvalue weighted by Crippen LogP contribution is -2.41. The van der Waals surface area contributed by atoms with E-state index in [1.54, 1.807) is 0 Å². The number of likely N-dealkylation sites (N-methyl/N-ethyl adjacent to an activating group) is 1. The molecular weight excluding hydrogens is 213 g/mol. The van der Waals surface area contributed by atoms with Crippen LogP contribution in [-0.2, 0) is 9.31 Å². The first-order valence-corrected chi connectivity index (χ1v) is 6.59. The maximum absolute atomic E-state index is 6.08. The fourth-order valence-corrected chi connectivity index (χ4v) is 2.37. The lowest BCUT2D eigenvalue weighted by molar-refractivity contribution is 0.00578. The Kier molecular flexibility index (Phi) is 3.41. The minimum absolute atomic E-state index is 0.156. The smallest absolute Gasteiger partial charge is 0.400 e. The molecule has 1 fully saturated rings. The zero-order valence-corrected chi connectivity index (χ0v) is 11.7. The van der Waals surface area contributed by atoms with Gasteiger partial charge in [-0.15, -0.1) is 0 Å². The molecule has 0 bridgehead atoms. The highest BCUT2D eigenvalue weighted by Gasteiger charge is 2.52. The van der Waals surface area contributed by atoms with E-state index in [9.17, 15) is 0 Å². The van der Waals surface area contributed by atoms with Gasteiger partial charge in [0.15, 0.2) is 0 Å². The summed E-state index contributed by atoms with van der Waals surface area (Å²) in [6.45, 7) is 8.41. The van der Waals surface area contributed by atoms with Crippen LogP contribution in [0.5, 0.6) is 0 Å². The van der Waals surface area contributed by atoms with Gasteiger partial charge in [-0.1, -0.05) is 6.08 Å². The van der Waals surface area contributed by atoms with Crippen molar-refractivity contribution in [2.45, 2.75) is 64.2 Å². The highest BCUT2D eigenvalue weighted by atomic mass is 16.7. The van der Waals surface area contributed by atoms with Gasteiger partial charge in [0.05, 0.1) is 11.2 Å². The third kappa shape index (κ3) is 2.44. The van der Waals surface area contributed by atoms with Crippen LogP contribution in [-0.4, -0.2) is 31.4 Å². The molecule has 2 rings (SSSR count). The number of allylic oxidation sites excluding steroid dienone is 1. The van der Waals surface area contributed by atoms with Gasteiger partial charge in [-0.05, 0) is 59.5 Å². The average Bonchev–Trinajstić information content (AvgIpc) is 2.48. The van der Waals surface area contributed by atoms with E-state index in [2.05, 4.69) is 39.1 Å². The van der Waals surface area contributed by atoms with Crippen LogP contribution in [0, 0.1) is 0 Å². The van der Waals surface area contributed by atoms with Crippen molar-refractivity contribution in [2.75, 3.05) is 7.05 Å². The Morgan fingerprint density at radius 1 is 1.24 bits per heavy atom. The molecule has 96 valence electrons. The predicted octanol–water partition coefficient (Wildman–Crippen LogP) is 2.32. The Labute approximate surface area is 105 Å². The quantitative estimate of drug-likeness (QED) is 0.747. The molecular formula is C13H24BNO2. The summed E-state index contributed by atoms with van der Waals surface area (Å²) < 4.78 is 12.2. The average molecular weight is 237 g/mol. The third-order valence-electron chi connectivity index (χ3n) is 4.32. The molecule has 1 heterocycles. The van der Waals surface area contributed by atoms with Crippen LogP contribution in [0.25, 0.3) is 0 Å². The lowest BCUT2D eigenvalue weighted by Gasteiger charge is -2.32. The number of rotatable bonds is 2. The molecule has 0 unspecified atom stereocenters. The monoisotopic (exact) mass is 237 g/mol. The van der Waals surface area contributed by atoms with Gasteiger partial charge in [-0.3, -0.25) is 0 Å². The SMILES string of the molecule is CN[C@H]1C=C(B2OC(C)(C)C(C)(C)O2)CCC1. The molecule has 0 saturated carbocycles. The van der Waals surface area contributed by atoms with E-state index >= 15 is 0 Å². The minimum atomic E-state index is -0.231. The molecule has 0 aromatic carbocycles. The van der Waals surface area contributed by atoms with Crippen LogP contribution in [0.2, 0.25) is 0 Å². The molecule has 0 amide bonds. The molecule has 2 aliphatic rings. The molecule has 0 aromatic rings. The topological polar surface area (TPSA) is 30.5 Å². The van der Waals surface area contributed by atoms with E-state index in [-0.39, 0.29) is 18.3 Å². The maximum atomic E-state index is 6.08. The van der Waals surface area contributed by atoms with E-state index < -0.39 is 0 Å². The highest BCUT2D eigenvalue weighted by molar-refractivity contribution is 6.54. The van der Waals surface area contributed by atoms with Gasteiger partial charge in [0.25, 0.3) is 0 Å². The van der Waals surface area contributed by atoms with Gasteiger partial charge in [0.2, 0.25) is 0 Å². The molecule has 3 nitrogen and oxygen atoms in total. The molecule has 17 heavy (non-hydrogen) atoms. The van der Waals surface area contributed by atoms with Crippen molar-refractivity contribution in [2.24, 2.45) is 0 Å². The molecule has 1 aliphatic carbocycles. The molecule has 1 atom stereocenters. The molecule has 0 radical (unpaired) electrons. The second-order valence-electron chi connectivity index (χ2n) is 6.12. The van der Waals surface area contributed by atoms with Crippen LogP contribution >= 0.6 is 0 Å². The van der Waals surface area contributed by atoms with Crippen molar-refractivity contribution in [1.29, 1.82) is 0 Å². The molecule has 0 spiro atoms. The normalized spacial score (nSPS) is 31.5. The van der Waals surface area contributed by atoms with Crippen LogP contribution in [0.4, 0.5) is 0 Å². The van der Waals surface area contributed by atoms with Gasteiger partial charge in [-0.25, -0.2) is 0 Å². The Morgan fingerprint density at radius 3 is 2.35 bits per heavy atom. The molecule has 0 aromatic heterocycles. The van der Waals surface area contributed by atoms with Crippen molar-refractivity contribution in [3.63, 3.8) is 0 Å². The van der Waals surface area contributed by atoms with Crippen molar-refractivity contribution in [3.8, 4) is 0 Å². The summed E-state index contributed by atoms with van der Waals surface area (Å²) in [5.41, 5.74) is 0.838. The molecule has 1 aliphatic heterocycles. The fraction of sp³-hybridized carbons (Fsp3) is 0.846. The van der Waals surface area contributed by atoms with Gasteiger partial charge in [0, 0.05) is 6.04 Å². The summed E-state index contributed by atoms with van der Waals surface area (Å²) >= 11 is 0. The number of nitrogens with one attached hydrogen (secondary N) is 1. The van der Waals surface area contributed by atoms with E-state index in [4.69, 9.17) is 9.31 Å². The molecule has 4 heteroatoms. The third-order valence-corrected chi connectivity index (χ3v) is 4.32. The lowest BCUT2D eigenvalue weighted by atomic mass is 9.72. The summed E-state index contributed by atoms with van der Waals surface area (Å²) in [4.78, 5) is 0.